The van der Waals surface area contributed by atoms with Gasteiger partial charge in [-0.2, -0.15) is 0 Å². The fourth-order valence-electron chi connectivity index (χ4n) is 11.1. The lowest BCUT2D eigenvalue weighted by molar-refractivity contribution is 0.669. The van der Waals surface area contributed by atoms with Crippen LogP contribution in [-0.4, -0.2) is 0 Å². The van der Waals surface area contributed by atoms with Crippen LogP contribution in [0.25, 0.3) is 110 Å². The van der Waals surface area contributed by atoms with Crippen LogP contribution in [0.15, 0.2) is 203 Å². The molecular weight excluding hydrogens is 717 g/mol. The van der Waals surface area contributed by atoms with Gasteiger partial charge < -0.3 is 8.83 Å². The van der Waals surface area contributed by atoms with Crippen molar-refractivity contribution in [1.82, 2.24) is 0 Å². The zero-order valence-electron chi connectivity index (χ0n) is 31.8. The smallest absolute Gasteiger partial charge is 0.136 e. The van der Waals surface area contributed by atoms with E-state index in [4.69, 9.17) is 8.83 Å². The second-order valence-electron chi connectivity index (χ2n) is 16.3. The van der Waals surface area contributed by atoms with Crippen LogP contribution in [0.3, 0.4) is 0 Å². The molecule has 0 N–H and O–H groups in total. The standard InChI is InChI=1S/C57H32O2/c1-2-13-34-31-53-46(28-33(34)12-1)54-38(19-11-23-51(54)59-53)36-25-27-44-49(30-36)57(47-20-8-5-16-40(47)41-17-6-9-21-48(41)57)56-45(29-35-14-3-4-15-39(35)55(44)56)37-24-26-43-42-18-7-10-22-50(42)58-52(43)32-37/h1-32H. The fourth-order valence-corrected chi connectivity index (χ4v) is 11.1. The third kappa shape index (κ3) is 4.00. The highest BCUT2D eigenvalue weighted by Gasteiger charge is 2.53. The van der Waals surface area contributed by atoms with Gasteiger partial charge in [-0.3, -0.25) is 0 Å². The molecular formula is C57H32O2. The van der Waals surface area contributed by atoms with Crippen molar-refractivity contribution in [3.05, 3.63) is 216 Å². The van der Waals surface area contributed by atoms with Crippen molar-refractivity contribution in [3.8, 4) is 44.5 Å². The molecule has 0 saturated carbocycles. The molecule has 0 amide bonds. The molecule has 2 aliphatic carbocycles. The van der Waals surface area contributed by atoms with Gasteiger partial charge in [-0.1, -0.05) is 146 Å². The van der Waals surface area contributed by atoms with Crippen LogP contribution in [0.5, 0.6) is 0 Å². The molecule has 0 fully saturated rings. The van der Waals surface area contributed by atoms with Crippen LogP contribution in [0.4, 0.5) is 0 Å². The molecule has 2 nitrogen and oxygen atoms in total. The first-order valence-electron chi connectivity index (χ1n) is 20.4. The van der Waals surface area contributed by atoms with E-state index < -0.39 is 5.41 Å². The largest absolute Gasteiger partial charge is 0.456 e. The molecule has 59 heavy (non-hydrogen) atoms. The van der Waals surface area contributed by atoms with E-state index in [2.05, 4.69) is 188 Å². The summed E-state index contributed by atoms with van der Waals surface area (Å²) in [5, 5.41) is 9.43. The molecule has 2 heterocycles. The van der Waals surface area contributed by atoms with Gasteiger partial charge in [0, 0.05) is 21.5 Å². The maximum absolute atomic E-state index is 6.61. The molecule has 1 spiro atoms. The van der Waals surface area contributed by atoms with Crippen molar-refractivity contribution in [2.24, 2.45) is 0 Å². The van der Waals surface area contributed by atoms with Crippen LogP contribution >= 0.6 is 0 Å². The Balaban J connectivity index is 1.12. The highest BCUT2D eigenvalue weighted by atomic mass is 16.3. The van der Waals surface area contributed by atoms with E-state index in [-0.39, 0.29) is 0 Å². The van der Waals surface area contributed by atoms with Crippen molar-refractivity contribution in [2.45, 2.75) is 5.41 Å². The van der Waals surface area contributed by atoms with Gasteiger partial charge in [0.05, 0.1) is 5.41 Å². The zero-order chi connectivity index (χ0) is 38.4. The molecule has 2 aromatic heterocycles. The van der Waals surface area contributed by atoms with Crippen molar-refractivity contribution in [3.63, 3.8) is 0 Å². The average Bonchev–Trinajstić information content (AvgIpc) is 4.02. The highest BCUT2D eigenvalue weighted by molar-refractivity contribution is 6.17. The van der Waals surface area contributed by atoms with Gasteiger partial charge in [0.1, 0.15) is 22.3 Å². The lowest BCUT2D eigenvalue weighted by Crippen LogP contribution is -2.26. The van der Waals surface area contributed by atoms with Gasteiger partial charge in [0.2, 0.25) is 0 Å². The summed E-state index contributed by atoms with van der Waals surface area (Å²) in [6.07, 6.45) is 0. The number of rotatable bonds is 2. The van der Waals surface area contributed by atoms with Gasteiger partial charge in [-0.25, -0.2) is 0 Å². The van der Waals surface area contributed by atoms with Gasteiger partial charge in [-0.15, -0.1) is 0 Å². The van der Waals surface area contributed by atoms with E-state index in [0.717, 1.165) is 49.4 Å². The van der Waals surface area contributed by atoms with Crippen molar-refractivity contribution >= 4 is 65.4 Å². The Morgan fingerprint density at radius 1 is 0.305 bits per heavy atom. The molecule has 14 rings (SSSR count). The number of furan rings is 2. The molecule has 0 unspecified atom stereocenters. The van der Waals surface area contributed by atoms with E-state index in [9.17, 15) is 0 Å². The summed E-state index contributed by atoms with van der Waals surface area (Å²) in [5.41, 5.74) is 18.2. The van der Waals surface area contributed by atoms with Crippen LogP contribution in [-0.2, 0) is 5.41 Å². The maximum atomic E-state index is 6.61. The Kier molecular flexibility index (Phi) is 5.99. The quantitative estimate of drug-likeness (QED) is 0.176. The second kappa shape index (κ2) is 11.2. The Hall–Kier alpha value is -7.68. The average molecular weight is 749 g/mol. The summed E-state index contributed by atoms with van der Waals surface area (Å²) >= 11 is 0. The molecule has 2 heteroatoms. The van der Waals surface area contributed by atoms with E-state index in [0.29, 0.717) is 0 Å². The first-order valence-corrected chi connectivity index (χ1v) is 20.4. The minimum atomic E-state index is -0.585. The lowest BCUT2D eigenvalue weighted by atomic mass is 9.68. The number of para-hydroxylation sites is 1. The minimum Gasteiger partial charge on any atom is -0.456 e. The molecule has 0 atom stereocenters. The summed E-state index contributed by atoms with van der Waals surface area (Å²) in [6, 6.07) is 71.5. The third-order valence-corrected chi connectivity index (χ3v) is 13.4. The van der Waals surface area contributed by atoms with Gasteiger partial charge in [0.15, 0.2) is 0 Å². The number of benzene rings is 10. The van der Waals surface area contributed by atoms with E-state index >= 15 is 0 Å². The number of hydrogen-bond donors (Lipinski definition) is 0. The first-order chi connectivity index (χ1) is 29.2. The summed E-state index contributed by atoms with van der Waals surface area (Å²) in [7, 11) is 0. The van der Waals surface area contributed by atoms with Crippen LogP contribution in [0, 0.1) is 0 Å². The first kappa shape index (κ1) is 31.4. The summed E-state index contributed by atoms with van der Waals surface area (Å²) in [4.78, 5) is 0. The third-order valence-electron chi connectivity index (χ3n) is 13.4. The molecule has 12 aromatic rings. The monoisotopic (exact) mass is 748 g/mol. The van der Waals surface area contributed by atoms with Crippen molar-refractivity contribution in [1.29, 1.82) is 0 Å². The maximum Gasteiger partial charge on any atom is 0.136 e. The van der Waals surface area contributed by atoms with Crippen LogP contribution in [0.2, 0.25) is 0 Å². The Labute approximate surface area is 339 Å². The molecule has 0 bridgehead atoms. The van der Waals surface area contributed by atoms with Gasteiger partial charge >= 0.3 is 0 Å². The van der Waals surface area contributed by atoms with E-state index in [1.54, 1.807) is 0 Å². The second-order valence-corrected chi connectivity index (χ2v) is 16.3. The highest BCUT2D eigenvalue weighted by Crippen LogP contribution is 2.66. The van der Waals surface area contributed by atoms with Crippen molar-refractivity contribution in [2.75, 3.05) is 0 Å². The zero-order valence-corrected chi connectivity index (χ0v) is 31.8. The van der Waals surface area contributed by atoms with E-state index in [1.165, 1.54) is 82.7 Å². The van der Waals surface area contributed by atoms with Gasteiger partial charge in [-0.05, 0) is 137 Å². The van der Waals surface area contributed by atoms with Crippen molar-refractivity contribution < 1.29 is 8.83 Å². The summed E-state index contributed by atoms with van der Waals surface area (Å²) in [5.74, 6) is 0. The number of fused-ring (bicyclic) bond motifs is 19. The lowest BCUT2D eigenvalue weighted by Gasteiger charge is -2.33. The molecule has 10 aromatic carbocycles. The summed E-state index contributed by atoms with van der Waals surface area (Å²) in [6.45, 7) is 0. The Bertz CT molecular complexity index is 3750. The number of hydrogen-bond acceptors (Lipinski definition) is 2. The van der Waals surface area contributed by atoms with E-state index in [1.807, 2.05) is 6.07 Å². The predicted molar refractivity (Wildman–Crippen MR) is 243 cm³/mol. The molecule has 2 aliphatic rings. The minimum absolute atomic E-state index is 0.585. The normalized spacial score (nSPS) is 13.6. The topological polar surface area (TPSA) is 26.3 Å². The molecule has 272 valence electrons. The summed E-state index contributed by atoms with van der Waals surface area (Å²) < 4.78 is 13.2. The predicted octanol–water partition coefficient (Wildman–Crippen LogP) is 15.5. The van der Waals surface area contributed by atoms with Gasteiger partial charge in [0.25, 0.3) is 0 Å². The SMILES string of the molecule is c1ccc2c(c1)-c1ccccc1C21c2cc(-c3cccc4oc5cc6ccccc6cc5c34)ccc2-c2c1c(-c1ccc3c(c1)oc1ccccc13)cc1ccccc21. The Morgan fingerprint density at radius 3 is 1.73 bits per heavy atom. The molecule has 0 radical (unpaired) electrons. The van der Waals surface area contributed by atoms with Crippen LogP contribution in [0.1, 0.15) is 22.3 Å². The molecule has 0 aliphatic heterocycles. The fraction of sp³-hybridized carbons (Fsp3) is 0.0175. The molecule has 0 saturated heterocycles. The Morgan fingerprint density at radius 2 is 0.898 bits per heavy atom. The van der Waals surface area contributed by atoms with Crippen LogP contribution < -0.4 is 0 Å².